The first-order valence-electron chi connectivity index (χ1n) is 8.09. The lowest BCUT2D eigenvalue weighted by Gasteiger charge is -2.30. The summed E-state index contributed by atoms with van der Waals surface area (Å²) in [4.78, 5) is 30.0. The van der Waals surface area contributed by atoms with Crippen molar-refractivity contribution in [3.8, 4) is 0 Å². The Hall–Kier alpha value is -1.53. The van der Waals surface area contributed by atoms with Gasteiger partial charge in [0.25, 0.3) is 0 Å². The summed E-state index contributed by atoms with van der Waals surface area (Å²) in [5.74, 6) is -0.765. The molecular weight excluding hydrogens is 296 g/mol. The summed E-state index contributed by atoms with van der Waals surface area (Å²) >= 11 is 0. The number of hydrogen-bond donors (Lipinski definition) is 0. The summed E-state index contributed by atoms with van der Waals surface area (Å²) in [6.45, 7) is 9.96. The summed E-state index contributed by atoms with van der Waals surface area (Å²) < 4.78 is 5.37. The van der Waals surface area contributed by atoms with Gasteiger partial charge in [0, 0.05) is 25.6 Å². The van der Waals surface area contributed by atoms with Crippen molar-refractivity contribution in [1.29, 1.82) is 0 Å². The lowest BCUT2D eigenvalue weighted by molar-refractivity contribution is -0.125. The van der Waals surface area contributed by atoms with Crippen LogP contribution in [0.4, 0.5) is 0 Å². The molecule has 0 aliphatic carbocycles. The molecule has 0 bridgehead atoms. The fraction of sp³-hybridized carbons (Fsp3) is 0.706. The lowest BCUT2D eigenvalue weighted by Crippen LogP contribution is -2.42. The first-order chi connectivity index (χ1) is 11.0. The maximum absolute atomic E-state index is 12.0. The van der Waals surface area contributed by atoms with Gasteiger partial charge in [-0.15, -0.1) is 0 Å². The van der Waals surface area contributed by atoms with E-state index in [2.05, 4.69) is 30.8 Å². The van der Waals surface area contributed by atoms with Gasteiger partial charge < -0.3 is 9.57 Å². The van der Waals surface area contributed by atoms with Gasteiger partial charge in [-0.05, 0) is 26.7 Å². The SMILES string of the molecule is CC/C(C)=C(/C)CC(CN1CCOCC1)/C(=N/OC)C(=O)C=O. The summed E-state index contributed by atoms with van der Waals surface area (Å²) in [5.41, 5.74) is 2.73. The molecule has 0 aromatic carbocycles. The van der Waals surface area contributed by atoms with E-state index in [1.165, 1.54) is 18.3 Å². The summed E-state index contributed by atoms with van der Waals surface area (Å²) in [6.07, 6.45) is 1.98. The monoisotopic (exact) mass is 324 g/mol. The Morgan fingerprint density at radius 2 is 1.96 bits per heavy atom. The van der Waals surface area contributed by atoms with Crippen molar-refractivity contribution in [3.05, 3.63) is 11.1 Å². The highest BCUT2D eigenvalue weighted by molar-refractivity contribution is 6.59. The molecule has 0 amide bonds. The molecule has 0 spiro atoms. The molecule has 1 heterocycles. The number of hydrogen-bond acceptors (Lipinski definition) is 6. The number of allylic oxidation sites excluding steroid dienone is 2. The zero-order valence-electron chi connectivity index (χ0n) is 14.6. The Kier molecular flexibility index (Phi) is 8.73. The molecule has 1 atom stereocenters. The molecule has 0 aromatic rings. The summed E-state index contributed by atoms with van der Waals surface area (Å²) in [7, 11) is 1.39. The van der Waals surface area contributed by atoms with Gasteiger partial charge in [-0.25, -0.2) is 0 Å². The van der Waals surface area contributed by atoms with Crippen molar-refractivity contribution >= 4 is 17.8 Å². The summed E-state index contributed by atoms with van der Waals surface area (Å²) in [6, 6.07) is 0. The van der Waals surface area contributed by atoms with Gasteiger partial charge in [0.2, 0.25) is 5.78 Å². The standard InChI is InChI=1S/C17H28N2O4/c1-5-13(2)14(3)10-15(11-19-6-8-23-9-7-19)17(18-22-4)16(21)12-20/h12,15H,5-11H2,1-4H3/b14-13-,18-17-. The molecule has 1 fully saturated rings. The van der Waals surface area contributed by atoms with E-state index in [1.807, 2.05) is 0 Å². The van der Waals surface area contributed by atoms with Crippen LogP contribution < -0.4 is 0 Å². The van der Waals surface area contributed by atoms with Crippen molar-refractivity contribution in [1.82, 2.24) is 4.90 Å². The normalized spacial score (nSPS) is 19.0. The minimum Gasteiger partial charge on any atom is -0.399 e. The lowest BCUT2D eigenvalue weighted by atomic mass is 9.90. The third-order valence-corrected chi connectivity index (χ3v) is 4.33. The van der Waals surface area contributed by atoms with Crippen molar-refractivity contribution in [2.75, 3.05) is 40.0 Å². The smallest absolute Gasteiger partial charge is 0.243 e. The van der Waals surface area contributed by atoms with Crippen molar-refractivity contribution in [2.45, 2.75) is 33.6 Å². The van der Waals surface area contributed by atoms with Gasteiger partial charge in [-0.2, -0.15) is 0 Å². The van der Waals surface area contributed by atoms with Crippen LogP contribution in [0.2, 0.25) is 0 Å². The van der Waals surface area contributed by atoms with E-state index in [0.29, 0.717) is 32.5 Å². The van der Waals surface area contributed by atoms with E-state index < -0.39 is 5.78 Å². The summed E-state index contributed by atoms with van der Waals surface area (Å²) in [5, 5.41) is 3.85. The van der Waals surface area contributed by atoms with Crippen LogP contribution in [-0.4, -0.2) is 62.6 Å². The largest absolute Gasteiger partial charge is 0.399 e. The van der Waals surface area contributed by atoms with Crippen LogP contribution in [0.25, 0.3) is 0 Å². The van der Waals surface area contributed by atoms with E-state index in [1.54, 1.807) is 0 Å². The predicted octanol–water partition coefficient (Wildman–Crippen LogP) is 1.84. The van der Waals surface area contributed by atoms with Crippen LogP contribution in [0.1, 0.15) is 33.6 Å². The second-order valence-electron chi connectivity index (χ2n) is 5.87. The van der Waals surface area contributed by atoms with Crippen LogP contribution in [0.5, 0.6) is 0 Å². The Morgan fingerprint density at radius 3 is 2.48 bits per heavy atom. The van der Waals surface area contributed by atoms with Crippen LogP contribution in [0.15, 0.2) is 16.3 Å². The van der Waals surface area contributed by atoms with E-state index >= 15 is 0 Å². The average Bonchev–Trinajstić information content (AvgIpc) is 2.58. The highest BCUT2D eigenvalue weighted by Crippen LogP contribution is 2.20. The third kappa shape index (κ3) is 6.23. The van der Waals surface area contributed by atoms with Gasteiger partial charge in [0.05, 0.1) is 13.2 Å². The minimum absolute atomic E-state index is 0.160. The zero-order valence-corrected chi connectivity index (χ0v) is 14.6. The Labute approximate surface area is 138 Å². The van der Waals surface area contributed by atoms with E-state index in [-0.39, 0.29) is 11.6 Å². The van der Waals surface area contributed by atoms with Crippen LogP contribution in [0, 0.1) is 5.92 Å². The number of carbonyl (C=O) groups excluding carboxylic acids is 2. The molecule has 1 aliphatic rings. The predicted molar refractivity (Wildman–Crippen MR) is 89.5 cm³/mol. The minimum atomic E-state index is -0.605. The number of Topliss-reactive ketones (excluding diaryl/α,β-unsaturated/α-hetero) is 1. The Morgan fingerprint density at radius 1 is 1.30 bits per heavy atom. The van der Waals surface area contributed by atoms with Gasteiger partial charge in [0.1, 0.15) is 12.8 Å². The Balaban J connectivity index is 2.99. The number of oxime groups is 1. The van der Waals surface area contributed by atoms with Crippen molar-refractivity contribution in [3.63, 3.8) is 0 Å². The van der Waals surface area contributed by atoms with Gasteiger partial charge >= 0.3 is 0 Å². The van der Waals surface area contributed by atoms with Crippen LogP contribution in [0.3, 0.4) is 0 Å². The average molecular weight is 324 g/mol. The molecule has 23 heavy (non-hydrogen) atoms. The molecule has 0 saturated carbocycles. The number of ketones is 1. The molecule has 6 nitrogen and oxygen atoms in total. The first-order valence-corrected chi connectivity index (χ1v) is 8.09. The third-order valence-electron chi connectivity index (χ3n) is 4.33. The number of ether oxygens (including phenoxy) is 1. The van der Waals surface area contributed by atoms with Gasteiger partial charge in [0.15, 0.2) is 6.29 Å². The van der Waals surface area contributed by atoms with E-state index in [4.69, 9.17) is 9.57 Å². The molecule has 1 aliphatic heterocycles. The molecule has 0 N–H and O–H groups in total. The highest BCUT2D eigenvalue weighted by Gasteiger charge is 2.27. The van der Waals surface area contributed by atoms with E-state index in [0.717, 1.165) is 19.5 Å². The topological polar surface area (TPSA) is 68.2 Å². The van der Waals surface area contributed by atoms with Crippen LogP contribution >= 0.6 is 0 Å². The number of aldehydes is 1. The molecule has 1 rings (SSSR count). The second kappa shape index (κ2) is 10.3. The number of nitrogens with zero attached hydrogens (tertiary/aromatic N) is 2. The van der Waals surface area contributed by atoms with Crippen molar-refractivity contribution < 1.29 is 19.2 Å². The fourth-order valence-corrected chi connectivity index (χ4v) is 2.67. The molecule has 6 heteroatoms. The number of morpholine rings is 1. The molecule has 130 valence electrons. The number of rotatable bonds is 9. The second-order valence-corrected chi connectivity index (χ2v) is 5.87. The quantitative estimate of drug-likeness (QED) is 0.213. The molecule has 0 radical (unpaired) electrons. The highest BCUT2D eigenvalue weighted by atomic mass is 16.6. The molecular formula is C17H28N2O4. The molecule has 0 aromatic heterocycles. The maximum atomic E-state index is 12.0. The van der Waals surface area contributed by atoms with Gasteiger partial charge in [-0.3, -0.25) is 14.5 Å². The van der Waals surface area contributed by atoms with Crippen LogP contribution in [-0.2, 0) is 19.2 Å². The fourth-order valence-electron chi connectivity index (χ4n) is 2.67. The van der Waals surface area contributed by atoms with E-state index in [9.17, 15) is 9.59 Å². The van der Waals surface area contributed by atoms with Crippen molar-refractivity contribution in [2.24, 2.45) is 11.1 Å². The molecule has 1 unspecified atom stereocenters. The Bertz CT molecular complexity index is 465. The molecule has 1 saturated heterocycles. The van der Waals surface area contributed by atoms with Gasteiger partial charge in [-0.1, -0.05) is 23.2 Å². The maximum Gasteiger partial charge on any atom is 0.243 e. The zero-order chi connectivity index (χ0) is 17.2. The first kappa shape index (κ1) is 19.5. The number of carbonyl (C=O) groups is 2.